The molecule has 3 N–H and O–H groups in total. The van der Waals surface area contributed by atoms with Crippen LogP contribution >= 0.6 is 0 Å². The molecule has 1 amide bonds. The fraction of sp³-hybridized carbons (Fsp3) is 0.211. The van der Waals surface area contributed by atoms with Crippen molar-refractivity contribution in [3.05, 3.63) is 59.8 Å². The summed E-state index contributed by atoms with van der Waals surface area (Å²) in [6, 6.07) is 14.9. The van der Waals surface area contributed by atoms with Gasteiger partial charge in [-0.1, -0.05) is 43.3 Å². The van der Waals surface area contributed by atoms with Crippen molar-refractivity contribution in [3.63, 3.8) is 0 Å². The van der Waals surface area contributed by atoms with Crippen molar-refractivity contribution < 1.29 is 9.53 Å². The van der Waals surface area contributed by atoms with Crippen molar-refractivity contribution in [1.29, 1.82) is 0 Å². The van der Waals surface area contributed by atoms with Crippen LogP contribution in [0.25, 0.3) is 5.69 Å². The van der Waals surface area contributed by atoms with Crippen LogP contribution in [0, 0.1) is 0 Å². The van der Waals surface area contributed by atoms with Crippen LogP contribution < -0.4 is 15.8 Å². The third-order valence-electron chi connectivity index (χ3n) is 4.07. The topological polar surface area (TPSA) is 95.1 Å². The van der Waals surface area contributed by atoms with Gasteiger partial charge in [-0.3, -0.25) is 4.79 Å². The molecule has 0 atom stereocenters. The molecule has 3 rings (SSSR count). The zero-order valence-electron chi connectivity index (χ0n) is 14.9. The number of para-hydroxylation sites is 2. The Labute approximate surface area is 151 Å². The van der Waals surface area contributed by atoms with E-state index in [0.717, 1.165) is 0 Å². The number of nitrogens with zero attached hydrogens (tertiary/aromatic N) is 3. The molecule has 0 aliphatic rings. The molecule has 0 aliphatic heterocycles. The maximum Gasteiger partial charge on any atom is 0.280 e. The summed E-state index contributed by atoms with van der Waals surface area (Å²) in [6.45, 7) is 4.23. The molecule has 3 aromatic rings. The molecule has 7 nitrogen and oxygen atoms in total. The molecule has 0 radical (unpaired) electrons. The molecule has 1 heterocycles. The van der Waals surface area contributed by atoms with Crippen molar-refractivity contribution in [2.45, 2.75) is 19.8 Å². The van der Waals surface area contributed by atoms with Gasteiger partial charge in [0.1, 0.15) is 11.4 Å². The summed E-state index contributed by atoms with van der Waals surface area (Å²) in [7, 11) is 1.56. The fourth-order valence-electron chi connectivity index (χ4n) is 2.58. The van der Waals surface area contributed by atoms with Crippen LogP contribution in [0.3, 0.4) is 0 Å². The number of anilines is 2. The molecule has 0 bridgehead atoms. The van der Waals surface area contributed by atoms with Crippen LogP contribution in [0.1, 0.15) is 35.8 Å². The molecule has 1 aromatic heterocycles. The Bertz CT molecular complexity index is 916. The highest BCUT2D eigenvalue weighted by Gasteiger charge is 2.20. The fourth-order valence-corrected chi connectivity index (χ4v) is 2.58. The Morgan fingerprint density at radius 2 is 1.85 bits per heavy atom. The highest BCUT2D eigenvalue weighted by Crippen LogP contribution is 2.25. The van der Waals surface area contributed by atoms with E-state index in [1.165, 1.54) is 10.2 Å². The van der Waals surface area contributed by atoms with Gasteiger partial charge in [0.2, 0.25) is 0 Å². The molecule has 7 heteroatoms. The molecule has 2 aromatic carbocycles. The van der Waals surface area contributed by atoms with Crippen LogP contribution in [-0.2, 0) is 0 Å². The van der Waals surface area contributed by atoms with Gasteiger partial charge in [0.05, 0.1) is 7.11 Å². The molecular weight excluding hydrogens is 330 g/mol. The minimum Gasteiger partial charge on any atom is -0.494 e. The highest BCUT2D eigenvalue weighted by molar-refractivity contribution is 6.05. The molecule has 134 valence electrons. The summed E-state index contributed by atoms with van der Waals surface area (Å²) in [6.07, 6.45) is 0. The maximum atomic E-state index is 12.5. The van der Waals surface area contributed by atoms with Gasteiger partial charge in [0.25, 0.3) is 5.91 Å². The van der Waals surface area contributed by atoms with E-state index in [0.29, 0.717) is 23.0 Å². The van der Waals surface area contributed by atoms with Gasteiger partial charge in [0.15, 0.2) is 11.5 Å². The molecule has 0 spiro atoms. The summed E-state index contributed by atoms with van der Waals surface area (Å²) >= 11 is 0. The lowest BCUT2D eigenvalue weighted by atomic mass is 10.0. The number of benzene rings is 2. The number of methoxy groups -OCH3 is 1. The van der Waals surface area contributed by atoms with E-state index in [4.69, 9.17) is 10.5 Å². The second-order valence-electron chi connectivity index (χ2n) is 6.14. The number of aromatic nitrogens is 3. The standard InChI is InChI=1S/C19H21N5O2/c1-12(2)13-8-10-14(11-9-13)21-19(25)17-18(20)24(23-22-17)15-6-4-5-7-16(15)26-3/h4-12H,20H2,1-3H3,(H,21,25). The molecule has 0 aliphatic carbocycles. The molecule has 0 unspecified atom stereocenters. The lowest BCUT2D eigenvalue weighted by Gasteiger charge is -2.09. The lowest BCUT2D eigenvalue weighted by molar-refractivity contribution is 0.102. The van der Waals surface area contributed by atoms with Gasteiger partial charge in [0, 0.05) is 5.69 Å². The first-order valence-electron chi connectivity index (χ1n) is 8.27. The number of rotatable bonds is 5. The number of nitrogens with one attached hydrogen (secondary N) is 1. The molecule has 0 fully saturated rings. The Hall–Kier alpha value is -3.35. The summed E-state index contributed by atoms with van der Waals surface area (Å²) in [4.78, 5) is 12.5. The van der Waals surface area contributed by atoms with E-state index >= 15 is 0 Å². The number of nitrogens with two attached hydrogens (primary N) is 1. The van der Waals surface area contributed by atoms with E-state index in [9.17, 15) is 4.79 Å². The van der Waals surface area contributed by atoms with E-state index in [2.05, 4.69) is 29.5 Å². The highest BCUT2D eigenvalue weighted by atomic mass is 16.5. The second kappa shape index (κ2) is 7.26. The van der Waals surface area contributed by atoms with Gasteiger partial charge in [-0.25, -0.2) is 0 Å². The number of carbonyl (C=O) groups is 1. The van der Waals surface area contributed by atoms with Crippen LogP contribution in [-0.4, -0.2) is 28.0 Å². The van der Waals surface area contributed by atoms with Crippen molar-refractivity contribution in [2.24, 2.45) is 0 Å². The second-order valence-corrected chi connectivity index (χ2v) is 6.14. The average Bonchev–Trinajstić information content (AvgIpc) is 3.03. The zero-order valence-corrected chi connectivity index (χ0v) is 14.9. The van der Waals surface area contributed by atoms with E-state index in [1.807, 2.05) is 36.4 Å². The minimum absolute atomic E-state index is 0.0591. The van der Waals surface area contributed by atoms with Gasteiger partial charge < -0.3 is 15.8 Å². The Balaban J connectivity index is 1.84. The van der Waals surface area contributed by atoms with E-state index in [-0.39, 0.29) is 11.5 Å². The number of nitrogen functional groups attached to an aromatic ring is 1. The predicted molar refractivity (Wildman–Crippen MR) is 101 cm³/mol. The van der Waals surface area contributed by atoms with Gasteiger partial charge in [-0.15, -0.1) is 5.10 Å². The van der Waals surface area contributed by atoms with Gasteiger partial charge in [-0.05, 0) is 35.7 Å². The number of ether oxygens (including phenoxy) is 1. The summed E-state index contributed by atoms with van der Waals surface area (Å²) in [5, 5.41) is 10.7. The number of amides is 1. The third kappa shape index (κ3) is 3.37. The Kier molecular flexibility index (Phi) is 4.88. The smallest absolute Gasteiger partial charge is 0.280 e. The zero-order chi connectivity index (χ0) is 18.7. The first-order chi connectivity index (χ1) is 12.5. The van der Waals surface area contributed by atoms with Crippen LogP contribution in [0.15, 0.2) is 48.5 Å². The first kappa shape index (κ1) is 17.5. The lowest BCUT2D eigenvalue weighted by Crippen LogP contribution is -2.15. The van der Waals surface area contributed by atoms with Crippen LogP contribution in [0.5, 0.6) is 5.75 Å². The summed E-state index contributed by atoms with van der Waals surface area (Å²) in [5.41, 5.74) is 8.64. The largest absolute Gasteiger partial charge is 0.494 e. The van der Waals surface area contributed by atoms with Gasteiger partial charge >= 0.3 is 0 Å². The van der Waals surface area contributed by atoms with Crippen LogP contribution in [0.4, 0.5) is 11.5 Å². The normalized spacial score (nSPS) is 10.8. The average molecular weight is 351 g/mol. The van der Waals surface area contributed by atoms with Crippen molar-refractivity contribution >= 4 is 17.4 Å². The van der Waals surface area contributed by atoms with E-state index < -0.39 is 5.91 Å². The molecule has 26 heavy (non-hydrogen) atoms. The third-order valence-corrected chi connectivity index (χ3v) is 4.07. The van der Waals surface area contributed by atoms with Crippen LogP contribution in [0.2, 0.25) is 0 Å². The first-order valence-corrected chi connectivity index (χ1v) is 8.27. The number of hydrogen-bond donors (Lipinski definition) is 2. The SMILES string of the molecule is COc1ccccc1-n1nnc(C(=O)Nc2ccc(C(C)C)cc2)c1N. The monoisotopic (exact) mass is 351 g/mol. The number of hydrogen-bond acceptors (Lipinski definition) is 5. The minimum atomic E-state index is -0.416. The van der Waals surface area contributed by atoms with Gasteiger partial charge in [-0.2, -0.15) is 4.68 Å². The van der Waals surface area contributed by atoms with E-state index in [1.54, 1.807) is 19.2 Å². The quantitative estimate of drug-likeness (QED) is 0.736. The van der Waals surface area contributed by atoms with Crippen molar-refractivity contribution in [2.75, 3.05) is 18.2 Å². The number of carbonyl (C=O) groups excluding carboxylic acids is 1. The summed E-state index contributed by atoms with van der Waals surface area (Å²) < 4.78 is 6.69. The molecular formula is C19H21N5O2. The predicted octanol–water partition coefficient (Wildman–Crippen LogP) is 3.23. The Morgan fingerprint density at radius 1 is 1.15 bits per heavy atom. The Morgan fingerprint density at radius 3 is 2.50 bits per heavy atom. The summed E-state index contributed by atoms with van der Waals surface area (Å²) in [5.74, 6) is 0.739. The van der Waals surface area contributed by atoms with Crippen molar-refractivity contribution in [1.82, 2.24) is 15.0 Å². The maximum absolute atomic E-state index is 12.5. The molecule has 0 saturated heterocycles. The van der Waals surface area contributed by atoms with Crippen molar-refractivity contribution in [3.8, 4) is 11.4 Å². The molecule has 0 saturated carbocycles.